The lowest BCUT2D eigenvalue weighted by Gasteiger charge is -2.21. The smallest absolute Gasteiger partial charge is 0.243 e. The fourth-order valence-electron chi connectivity index (χ4n) is 2.61. The first-order chi connectivity index (χ1) is 12.5. The zero-order chi connectivity index (χ0) is 19.1. The number of amides is 1. The van der Waals surface area contributed by atoms with E-state index in [9.17, 15) is 9.18 Å². The predicted molar refractivity (Wildman–Crippen MR) is 102 cm³/mol. The molecular weight excluding hydrogens is 353 g/mol. The zero-order valence-electron chi connectivity index (χ0n) is 15.0. The predicted octanol–water partition coefficient (Wildman–Crippen LogP) is 4.03. The van der Waals surface area contributed by atoms with Crippen LogP contribution in [0.1, 0.15) is 20.3 Å². The third-order valence-corrected chi connectivity index (χ3v) is 4.56. The van der Waals surface area contributed by atoms with Gasteiger partial charge < -0.3 is 15.4 Å². The second-order valence-electron chi connectivity index (χ2n) is 6.25. The van der Waals surface area contributed by atoms with Crippen LogP contribution in [0.2, 0.25) is 0 Å². The lowest BCUT2D eigenvalue weighted by molar-refractivity contribution is -0.121. The first-order valence-corrected chi connectivity index (χ1v) is 9.21. The van der Waals surface area contributed by atoms with Crippen molar-refractivity contribution in [2.45, 2.75) is 26.3 Å². The Kier molecular flexibility index (Phi) is 6.98. The van der Waals surface area contributed by atoms with Crippen LogP contribution in [0.15, 0.2) is 29.0 Å². The van der Waals surface area contributed by atoms with Crippen molar-refractivity contribution in [2.24, 2.45) is 5.92 Å². The van der Waals surface area contributed by atoms with Gasteiger partial charge >= 0.3 is 0 Å². The molecular formula is C19H22FN3O2S. The molecule has 1 atom stereocenters. The molecule has 1 unspecified atom stereocenters. The number of hydrogen-bond acceptors (Lipinski definition) is 5. The molecule has 0 aliphatic carbocycles. The molecule has 0 bridgehead atoms. The van der Waals surface area contributed by atoms with Crippen molar-refractivity contribution >= 4 is 22.9 Å². The van der Waals surface area contributed by atoms with Gasteiger partial charge in [0.2, 0.25) is 5.91 Å². The van der Waals surface area contributed by atoms with Crippen molar-refractivity contribution in [2.75, 3.05) is 19.0 Å². The number of halogens is 1. The van der Waals surface area contributed by atoms with Crippen molar-refractivity contribution in [3.05, 3.63) is 34.8 Å². The summed E-state index contributed by atoms with van der Waals surface area (Å²) in [7, 11) is 1.42. The number of nitrogens with one attached hydrogen (secondary N) is 2. The van der Waals surface area contributed by atoms with E-state index in [2.05, 4.69) is 10.6 Å². The maximum Gasteiger partial charge on any atom is 0.243 e. The number of methoxy groups -OCH3 is 1. The number of hydrogen-bond donors (Lipinski definition) is 2. The lowest BCUT2D eigenvalue weighted by atomic mass is 10.0. The van der Waals surface area contributed by atoms with Gasteiger partial charge in [-0.15, -0.1) is 11.3 Å². The van der Waals surface area contributed by atoms with Gasteiger partial charge in [-0.1, -0.05) is 19.9 Å². The van der Waals surface area contributed by atoms with Crippen LogP contribution in [-0.4, -0.2) is 25.6 Å². The van der Waals surface area contributed by atoms with Crippen LogP contribution >= 0.6 is 11.3 Å². The molecule has 5 nitrogen and oxygen atoms in total. The summed E-state index contributed by atoms with van der Waals surface area (Å²) in [6, 6.07) is 6.21. The minimum Gasteiger partial charge on any atom is -0.494 e. The van der Waals surface area contributed by atoms with Crippen molar-refractivity contribution in [3.8, 4) is 22.9 Å². The number of benzene rings is 1. The number of ether oxygens (including phenoxy) is 1. The van der Waals surface area contributed by atoms with E-state index < -0.39 is 11.9 Å². The van der Waals surface area contributed by atoms with E-state index in [1.807, 2.05) is 30.7 Å². The van der Waals surface area contributed by atoms with Gasteiger partial charge in [0.25, 0.3) is 0 Å². The first-order valence-electron chi connectivity index (χ1n) is 8.27. The van der Waals surface area contributed by atoms with Crippen LogP contribution in [0.3, 0.4) is 0 Å². The highest BCUT2D eigenvalue weighted by atomic mass is 32.1. The van der Waals surface area contributed by atoms with Gasteiger partial charge in [-0.3, -0.25) is 4.79 Å². The SMILES string of the molecule is COc1ccc(-c2cscc2NC(CC(C)C)C(=O)NCC#N)cc1F. The molecule has 138 valence electrons. The van der Waals surface area contributed by atoms with Gasteiger partial charge in [0, 0.05) is 16.3 Å². The monoisotopic (exact) mass is 375 g/mol. The Labute approximate surface area is 156 Å². The van der Waals surface area contributed by atoms with Crippen LogP contribution in [0.25, 0.3) is 11.1 Å². The topological polar surface area (TPSA) is 74.2 Å². The highest BCUT2D eigenvalue weighted by molar-refractivity contribution is 7.08. The Bertz CT molecular complexity index is 798. The van der Waals surface area contributed by atoms with Gasteiger partial charge in [0.05, 0.1) is 18.9 Å². The summed E-state index contributed by atoms with van der Waals surface area (Å²) < 4.78 is 19.0. The number of nitrogens with zero attached hydrogens (tertiary/aromatic N) is 1. The summed E-state index contributed by atoms with van der Waals surface area (Å²) in [6.45, 7) is 4.02. The van der Waals surface area contributed by atoms with Crippen molar-refractivity contribution in [1.29, 1.82) is 5.26 Å². The number of anilines is 1. The molecule has 2 aromatic rings. The molecule has 0 saturated carbocycles. The number of nitriles is 1. The summed E-state index contributed by atoms with van der Waals surface area (Å²) in [6.07, 6.45) is 0.615. The Balaban J connectivity index is 2.26. The Morgan fingerprint density at radius 1 is 1.38 bits per heavy atom. The summed E-state index contributed by atoms with van der Waals surface area (Å²) >= 11 is 1.47. The van der Waals surface area contributed by atoms with E-state index in [1.54, 1.807) is 12.1 Å². The van der Waals surface area contributed by atoms with Gasteiger partial charge in [0.15, 0.2) is 11.6 Å². The third kappa shape index (κ3) is 4.96. The molecule has 2 rings (SSSR count). The lowest BCUT2D eigenvalue weighted by Crippen LogP contribution is -2.40. The summed E-state index contributed by atoms with van der Waals surface area (Å²) in [5, 5.41) is 18.3. The summed E-state index contributed by atoms with van der Waals surface area (Å²) in [4.78, 5) is 12.4. The Hall–Kier alpha value is -2.59. The van der Waals surface area contributed by atoms with Crippen molar-refractivity contribution in [3.63, 3.8) is 0 Å². The number of carbonyl (C=O) groups excluding carboxylic acids is 1. The summed E-state index contributed by atoms with van der Waals surface area (Å²) in [5.41, 5.74) is 2.28. The molecule has 0 fully saturated rings. The van der Waals surface area contributed by atoms with Crippen molar-refractivity contribution in [1.82, 2.24) is 5.32 Å². The van der Waals surface area contributed by atoms with Gasteiger partial charge in [-0.2, -0.15) is 5.26 Å². The molecule has 1 aromatic heterocycles. The maximum atomic E-state index is 14.0. The average molecular weight is 375 g/mol. The normalized spacial score (nSPS) is 11.7. The van der Waals surface area contributed by atoms with Crippen LogP contribution in [0.5, 0.6) is 5.75 Å². The Morgan fingerprint density at radius 2 is 2.15 bits per heavy atom. The highest BCUT2D eigenvalue weighted by Gasteiger charge is 2.21. The minimum atomic E-state index is -0.472. The van der Waals surface area contributed by atoms with E-state index in [0.29, 0.717) is 17.9 Å². The van der Waals surface area contributed by atoms with E-state index in [4.69, 9.17) is 10.00 Å². The number of thiophene rings is 1. The quantitative estimate of drug-likeness (QED) is 0.683. The molecule has 0 aliphatic heterocycles. The van der Waals surface area contributed by atoms with Gasteiger partial charge in [-0.25, -0.2) is 4.39 Å². The molecule has 0 aliphatic rings. The third-order valence-electron chi connectivity index (χ3n) is 3.82. The van der Waals surface area contributed by atoms with Crippen molar-refractivity contribution < 1.29 is 13.9 Å². The maximum absolute atomic E-state index is 14.0. The van der Waals surface area contributed by atoms with Gasteiger partial charge in [0.1, 0.15) is 12.6 Å². The fraction of sp³-hybridized carbons (Fsp3) is 0.368. The Morgan fingerprint density at radius 3 is 2.77 bits per heavy atom. The van der Waals surface area contributed by atoms with Gasteiger partial charge in [-0.05, 0) is 30.0 Å². The average Bonchev–Trinajstić information content (AvgIpc) is 3.06. The molecule has 2 N–H and O–H groups in total. The standard InChI is InChI=1S/C19H22FN3O2S/c1-12(2)8-16(19(24)22-7-6-21)23-17-11-26-10-14(17)13-4-5-18(25-3)15(20)9-13/h4-5,9-12,16,23H,7-8H2,1-3H3,(H,22,24). The first kappa shape index (κ1) is 19.7. The van der Waals surface area contributed by atoms with E-state index >= 15 is 0 Å². The van der Waals surface area contributed by atoms with E-state index in [0.717, 1.165) is 11.3 Å². The molecule has 1 aromatic carbocycles. The zero-order valence-corrected chi connectivity index (χ0v) is 15.8. The summed E-state index contributed by atoms with van der Waals surface area (Å²) in [5.74, 6) is -0.182. The molecule has 1 heterocycles. The van der Waals surface area contributed by atoms with E-state index in [-0.39, 0.29) is 18.2 Å². The molecule has 0 saturated heterocycles. The molecule has 26 heavy (non-hydrogen) atoms. The van der Waals surface area contributed by atoms with Crippen LogP contribution in [0.4, 0.5) is 10.1 Å². The molecule has 1 amide bonds. The number of carbonyl (C=O) groups is 1. The fourth-order valence-corrected chi connectivity index (χ4v) is 3.41. The van der Waals surface area contributed by atoms with Crippen LogP contribution < -0.4 is 15.4 Å². The second-order valence-corrected chi connectivity index (χ2v) is 6.99. The number of rotatable bonds is 8. The second kappa shape index (κ2) is 9.20. The molecule has 0 radical (unpaired) electrons. The highest BCUT2D eigenvalue weighted by Crippen LogP contribution is 2.34. The molecule has 7 heteroatoms. The minimum absolute atomic E-state index is 0.0324. The largest absolute Gasteiger partial charge is 0.494 e. The molecule has 0 spiro atoms. The van der Waals surface area contributed by atoms with E-state index in [1.165, 1.54) is 24.5 Å². The van der Waals surface area contributed by atoms with Crippen LogP contribution in [-0.2, 0) is 4.79 Å². The van der Waals surface area contributed by atoms with Crippen LogP contribution in [0, 0.1) is 23.1 Å².